The summed E-state index contributed by atoms with van der Waals surface area (Å²) in [5.41, 5.74) is 1.06. The first-order valence-electron chi connectivity index (χ1n) is 8.07. The van der Waals surface area contributed by atoms with E-state index >= 15 is 0 Å². The van der Waals surface area contributed by atoms with Crippen molar-refractivity contribution in [3.8, 4) is 0 Å². The van der Waals surface area contributed by atoms with Gasteiger partial charge in [0.25, 0.3) is 5.56 Å². The molecule has 1 aromatic heterocycles. The second kappa shape index (κ2) is 8.05. The van der Waals surface area contributed by atoms with Crippen LogP contribution in [-0.4, -0.2) is 34.3 Å². The van der Waals surface area contributed by atoms with Crippen LogP contribution in [-0.2, 0) is 16.6 Å². The van der Waals surface area contributed by atoms with Crippen molar-refractivity contribution < 1.29 is 14.3 Å². The Morgan fingerprint density at radius 3 is 2.63 bits per heavy atom. The van der Waals surface area contributed by atoms with Gasteiger partial charge in [0.15, 0.2) is 5.16 Å². The summed E-state index contributed by atoms with van der Waals surface area (Å²) in [6.07, 6.45) is 0. The molecule has 0 saturated heterocycles. The summed E-state index contributed by atoms with van der Waals surface area (Å²) in [6, 6.07) is 13.7. The average molecular weight is 383 g/mol. The van der Waals surface area contributed by atoms with E-state index in [9.17, 15) is 14.4 Å². The first-order chi connectivity index (χ1) is 13.0. The fourth-order valence-corrected chi connectivity index (χ4v) is 3.29. The predicted octanol–water partition coefficient (Wildman–Crippen LogP) is 2.45. The lowest BCUT2D eigenvalue weighted by Crippen LogP contribution is -2.21. The highest BCUT2D eigenvalue weighted by molar-refractivity contribution is 7.99. The lowest BCUT2D eigenvalue weighted by molar-refractivity contribution is -0.113. The van der Waals surface area contributed by atoms with E-state index in [2.05, 4.69) is 10.3 Å². The van der Waals surface area contributed by atoms with Crippen molar-refractivity contribution in [1.82, 2.24) is 9.55 Å². The van der Waals surface area contributed by atoms with Gasteiger partial charge in [-0.2, -0.15) is 0 Å². The molecule has 0 unspecified atom stereocenters. The van der Waals surface area contributed by atoms with Crippen molar-refractivity contribution in [3.05, 3.63) is 64.4 Å². The van der Waals surface area contributed by atoms with Crippen LogP contribution in [0, 0.1) is 0 Å². The molecule has 0 radical (unpaired) electrons. The second-order valence-corrected chi connectivity index (χ2v) is 6.59. The number of carbonyl (C=O) groups excluding carboxylic acids is 2. The molecule has 1 amide bonds. The van der Waals surface area contributed by atoms with Crippen LogP contribution in [0.3, 0.4) is 0 Å². The summed E-state index contributed by atoms with van der Waals surface area (Å²) >= 11 is 1.15. The van der Waals surface area contributed by atoms with Crippen LogP contribution in [0.1, 0.15) is 10.4 Å². The minimum absolute atomic E-state index is 0.0358. The number of ether oxygens (including phenoxy) is 1. The molecule has 0 aliphatic heterocycles. The number of benzene rings is 2. The van der Waals surface area contributed by atoms with Crippen molar-refractivity contribution in [2.75, 3.05) is 18.2 Å². The lowest BCUT2D eigenvalue weighted by atomic mass is 10.2. The molecule has 3 aromatic rings. The topological polar surface area (TPSA) is 90.3 Å². The average Bonchev–Trinajstić information content (AvgIpc) is 2.69. The van der Waals surface area contributed by atoms with Crippen LogP contribution in [0.25, 0.3) is 10.9 Å². The number of anilines is 1. The van der Waals surface area contributed by atoms with Gasteiger partial charge in [-0.3, -0.25) is 14.2 Å². The first-order valence-corrected chi connectivity index (χ1v) is 9.05. The molecule has 0 saturated carbocycles. The van der Waals surface area contributed by atoms with Crippen LogP contribution in [0.15, 0.2) is 58.5 Å². The van der Waals surface area contributed by atoms with Crippen LogP contribution in [0.4, 0.5) is 5.69 Å². The summed E-state index contributed by atoms with van der Waals surface area (Å²) in [5, 5.41) is 3.66. The third kappa shape index (κ3) is 4.01. The normalized spacial score (nSPS) is 10.6. The van der Waals surface area contributed by atoms with Gasteiger partial charge >= 0.3 is 5.97 Å². The summed E-state index contributed by atoms with van der Waals surface area (Å²) in [4.78, 5) is 40.9. The molecule has 0 bridgehead atoms. The number of fused-ring (bicyclic) bond motifs is 1. The number of para-hydroxylation sites is 2. The number of nitrogens with zero attached hydrogens (tertiary/aromatic N) is 2. The van der Waals surface area contributed by atoms with Gasteiger partial charge < -0.3 is 10.1 Å². The Balaban J connectivity index is 1.76. The van der Waals surface area contributed by atoms with Crippen molar-refractivity contribution in [1.29, 1.82) is 0 Å². The zero-order valence-corrected chi connectivity index (χ0v) is 15.6. The van der Waals surface area contributed by atoms with Gasteiger partial charge in [0.2, 0.25) is 5.91 Å². The van der Waals surface area contributed by atoms with E-state index in [1.165, 1.54) is 11.7 Å². The van der Waals surface area contributed by atoms with Gasteiger partial charge in [0.1, 0.15) is 0 Å². The van der Waals surface area contributed by atoms with Crippen LogP contribution < -0.4 is 10.9 Å². The Labute approximate surface area is 159 Å². The van der Waals surface area contributed by atoms with Gasteiger partial charge in [0.05, 0.1) is 35.0 Å². The van der Waals surface area contributed by atoms with Gasteiger partial charge in [-0.05, 0) is 24.3 Å². The SMILES string of the molecule is COC(=O)c1ccccc1NC(=O)CSc1nc2ccccc2c(=O)n1C. The molecule has 1 N–H and O–H groups in total. The van der Waals surface area contributed by atoms with Crippen molar-refractivity contribution in [3.63, 3.8) is 0 Å². The number of rotatable bonds is 5. The number of methoxy groups -OCH3 is 1. The van der Waals surface area contributed by atoms with Crippen molar-refractivity contribution in [2.24, 2.45) is 7.05 Å². The van der Waals surface area contributed by atoms with E-state index in [4.69, 9.17) is 4.74 Å². The quantitative estimate of drug-likeness (QED) is 0.413. The van der Waals surface area contributed by atoms with E-state index in [0.29, 0.717) is 21.7 Å². The smallest absolute Gasteiger partial charge is 0.339 e. The predicted molar refractivity (Wildman–Crippen MR) is 104 cm³/mol. The molecule has 0 atom stereocenters. The third-order valence-electron chi connectivity index (χ3n) is 3.88. The zero-order valence-electron chi connectivity index (χ0n) is 14.8. The Bertz CT molecular complexity index is 1080. The number of carbonyl (C=O) groups is 2. The molecule has 1 heterocycles. The number of aromatic nitrogens is 2. The lowest BCUT2D eigenvalue weighted by Gasteiger charge is -2.11. The minimum atomic E-state index is -0.530. The number of hydrogen-bond acceptors (Lipinski definition) is 6. The van der Waals surface area contributed by atoms with Gasteiger partial charge in [-0.1, -0.05) is 36.0 Å². The molecule has 0 aliphatic rings. The van der Waals surface area contributed by atoms with Crippen LogP contribution >= 0.6 is 11.8 Å². The highest BCUT2D eigenvalue weighted by atomic mass is 32.2. The molecule has 27 heavy (non-hydrogen) atoms. The second-order valence-electron chi connectivity index (χ2n) is 5.65. The highest BCUT2D eigenvalue weighted by Gasteiger charge is 2.15. The monoisotopic (exact) mass is 383 g/mol. The van der Waals surface area contributed by atoms with Gasteiger partial charge in [-0.15, -0.1) is 0 Å². The fourth-order valence-electron chi connectivity index (χ4n) is 2.52. The number of nitrogens with one attached hydrogen (secondary N) is 1. The summed E-state index contributed by atoms with van der Waals surface area (Å²) in [6.45, 7) is 0. The highest BCUT2D eigenvalue weighted by Crippen LogP contribution is 2.19. The Morgan fingerprint density at radius 2 is 1.85 bits per heavy atom. The molecule has 8 heteroatoms. The molecule has 138 valence electrons. The number of hydrogen-bond donors (Lipinski definition) is 1. The maximum Gasteiger partial charge on any atom is 0.339 e. The van der Waals surface area contributed by atoms with Crippen molar-refractivity contribution in [2.45, 2.75) is 5.16 Å². The van der Waals surface area contributed by atoms with E-state index in [1.807, 2.05) is 0 Å². The molecule has 0 spiro atoms. The van der Waals surface area contributed by atoms with E-state index in [0.717, 1.165) is 11.8 Å². The van der Waals surface area contributed by atoms with Crippen LogP contribution in [0.5, 0.6) is 0 Å². The van der Waals surface area contributed by atoms with Crippen LogP contribution in [0.2, 0.25) is 0 Å². The summed E-state index contributed by atoms with van der Waals surface area (Å²) < 4.78 is 6.13. The Morgan fingerprint density at radius 1 is 1.15 bits per heavy atom. The summed E-state index contributed by atoms with van der Waals surface area (Å²) in [7, 11) is 2.90. The summed E-state index contributed by atoms with van der Waals surface area (Å²) in [5.74, 6) is -0.815. The molecule has 0 fully saturated rings. The molecular formula is C19H17N3O4S. The van der Waals surface area contributed by atoms with Crippen molar-refractivity contribution >= 4 is 40.2 Å². The fraction of sp³-hybridized carbons (Fsp3) is 0.158. The maximum atomic E-state index is 12.4. The third-order valence-corrected chi connectivity index (χ3v) is 4.91. The van der Waals surface area contributed by atoms with E-state index < -0.39 is 5.97 Å². The number of amides is 1. The molecule has 0 aliphatic carbocycles. The molecule has 3 rings (SSSR count). The zero-order chi connectivity index (χ0) is 19.4. The maximum absolute atomic E-state index is 12.4. The number of esters is 1. The molecule has 7 nitrogen and oxygen atoms in total. The standard InChI is InChI=1S/C19H17N3O4S/c1-22-17(24)12-7-3-5-9-14(12)21-19(22)27-11-16(23)20-15-10-6-4-8-13(15)18(25)26-2/h3-10H,11H2,1-2H3,(H,20,23). The largest absolute Gasteiger partial charge is 0.465 e. The first kappa shape index (κ1) is 18.7. The van der Waals surface area contributed by atoms with Gasteiger partial charge in [0, 0.05) is 7.05 Å². The Hall–Kier alpha value is -3.13. The van der Waals surface area contributed by atoms with E-state index in [-0.39, 0.29) is 22.8 Å². The number of thioether (sulfide) groups is 1. The Kier molecular flexibility index (Phi) is 5.56. The molecular weight excluding hydrogens is 366 g/mol. The molecule has 2 aromatic carbocycles. The minimum Gasteiger partial charge on any atom is -0.465 e. The van der Waals surface area contributed by atoms with Gasteiger partial charge in [-0.25, -0.2) is 9.78 Å². The van der Waals surface area contributed by atoms with E-state index in [1.54, 1.807) is 55.6 Å².